The number of hydrogen-bond acceptors (Lipinski definition) is 3. The lowest BCUT2D eigenvalue weighted by Crippen LogP contribution is -2.33. The highest BCUT2D eigenvalue weighted by molar-refractivity contribution is 5.79. The number of aryl methyl sites for hydroxylation is 1. The molecule has 5 heteroatoms. The minimum absolute atomic E-state index is 0.0273. The van der Waals surface area contributed by atoms with E-state index in [1.807, 2.05) is 30.3 Å². The van der Waals surface area contributed by atoms with Crippen LogP contribution >= 0.6 is 0 Å². The molecule has 27 heavy (non-hydrogen) atoms. The molecule has 1 atom stereocenters. The molecule has 0 saturated carbocycles. The Bertz CT molecular complexity index is 894. The molecule has 4 rings (SSSR count). The second-order valence-corrected chi connectivity index (χ2v) is 7.53. The quantitative estimate of drug-likeness (QED) is 0.648. The first-order valence-electron chi connectivity index (χ1n) is 9.81. The Morgan fingerprint density at radius 1 is 1.11 bits per heavy atom. The average molecular weight is 363 g/mol. The SMILES string of the molecule is O=C(NCC1CCc2nc(-c3ccccc3)[nH]c(=O)c2CC1)C1CC=CC1. The van der Waals surface area contributed by atoms with Crippen LogP contribution in [0.4, 0.5) is 0 Å². The van der Waals surface area contributed by atoms with Gasteiger partial charge in [0.05, 0.1) is 5.69 Å². The topological polar surface area (TPSA) is 74.8 Å². The van der Waals surface area contributed by atoms with Crippen LogP contribution in [0.25, 0.3) is 11.4 Å². The van der Waals surface area contributed by atoms with Crippen molar-refractivity contribution in [3.8, 4) is 11.4 Å². The number of amides is 1. The van der Waals surface area contributed by atoms with Crippen LogP contribution in [0.5, 0.6) is 0 Å². The number of nitrogens with zero attached hydrogens (tertiary/aromatic N) is 1. The van der Waals surface area contributed by atoms with Crippen molar-refractivity contribution in [3.63, 3.8) is 0 Å². The number of hydrogen-bond donors (Lipinski definition) is 2. The number of H-pyrrole nitrogens is 1. The highest BCUT2D eigenvalue weighted by Crippen LogP contribution is 2.24. The molecule has 0 radical (unpaired) electrons. The van der Waals surface area contributed by atoms with Crippen molar-refractivity contribution < 1.29 is 4.79 Å². The van der Waals surface area contributed by atoms with Crippen molar-refractivity contribution in [2.75, 3.05) is 6.54 Å². The molecule has 2 aliphatic carbocycles. The molecule has 2 N–H and O–H groups in total. The Balaban J connectivity index is 1.42. The van der Waals surface area contributed by atoms with Crippen molar-refractivity contribution in [3.05, 3.63) is 64.1 Å². The predicted octanol–water partition coefficient (Wildman–Crippen LogP) is 3.01. The second kappa shape index (κ2) is 7.91. The summed E-state index contributed by atoms with van der Waals surface area (Å²) in [6, 6.07) is 9.75. The lowest BCUT2D eigenvalue weighted by atomic mass is 9.99. The molecule has 1 aromatic heterocycles. The maximum atomic E-state index is 12.6. The van der Waals surface area contributed by atoms with Crippen molar-refractivity contribution in [2.24, 2.45) is 11.8 Å². The van der Waals surface area contributed by atoms with Gasteiger partial charge in [-0.05, 0) is 44.4 Å². The van der Waals surface area contributed by atoms with E-state index in [-0.39, 0.29) is 17.4 Å². The Morgan fingerprint density at radius 2 is 1.85 bits per heavy atom. The van der Waals surface area contributed by atoms with E-state index in [0.717, 1.165) is 55.3 Å². The molecular weight excluding hydrogens is 338 g/mol. The number of allylic oxidation sites excluding steroid dienone is 2. The van der Waals surface area contributed by atoms with E-state index in [1.54, 1.807) is 0 Å². The van der Waals surface area contributed by atoms with Gasteiger partial charge in [0, 0.05) is 23.6 Å². The summed E-state index contributed by atoms with van der Waals surface area (Å²) in [7, 11) is 0. The average Bonchev–Trinajstić information content (AvgIpc) is 3.15. The Labute approximate surface area is 158 Å². The Hall–Kier alpha value is -2.69. The molecular formula is C22H25N3O2. The van der Waals surface area contributed by atoms with Gasteiger partial charge < -0.3 is 10.3 Å². The first-order valence-corrected chi connectivity index (χ1v) is 9.81. The fourth-order valence-corrected chi connectivity index (χ4v) is 4.00. The van der Waals surface area contributed by atoms with E-state index < -0.39 is 0 Å². The van der Waals surface area contributed by atoms with Gasteiger partial charge in [0.25, 0.3) is 5.56 Å². The van der Waals surface area contributed by atoms with Gasteiger partial charge in [-0.25, -0.2) is 4.98 Å². The number of fused-ring (bicyclic) bond motifs is 1. The van der Waals surface area contributed by atoms with Crippen LogP contribution in [-0.2, 0) is 17.6 Å². The third-order valence-corrected chi connectivity index (χ3v) is 5.68. The number of carbonyl (C=O) groups excluding carboxylic acids is 1. The van der Waals surface area contributed by atoms with Gasteiger partial charge in [-0.1, -0.05) is 42.5 Å². The predicted molar refractivity (Wildman–Crippen MR) is 105 cm³/mol. The van der Waals surface area contributed by atoms with E-state index in [1.165, 1.54) is 0 Å². The Morgan fingerprint density at radius 3 is 2.63 bits per heavy atom. The number of nitrogens with one attached hydrogen (secondary N) is 2. The van der Waals surface area contributed by atoms with Gasteiger partial charge >= 0.3 is 0 Å². The van der Waals surface area contributed by atoms with Crippen molar-refractivity contribution in [1.29, 1.82) is 0 Å². The zero-order valence-electron chi connectivity index (χ0n) is 15.4. The minimum atomic E-state index is -0.0273. The molecule has 0 saturated heterocycles. The molecule has 2 aliphatic rings. The normalized spacial score (nSPS) is 19.5. The first-order chi connectivity index (χ1) is 13.2. The molecule has 1 heterocycles. The van der Waals surface area contributed by atoms with Crippen LogP contribution in [0.2, 0.25) is 0 Å². The number of benzene rings is 1. The van der Waals surface area contributed by atoms with Crippen LogP contribution in [0.15, 0.2) is 47.3 Å². The van der Waals surface area contributed by atoms with E-state index in [9.17, 15) is 9.59 Å². The fourth-order valence-electron chi connectivity index (χ4n) is 4.00. The summed E-state index contributed by atoms with van der Waals surface area (Å²) in [5.41, 5.74) is 2.62. The maximum Gasteiger partial charge on any atom is 0.254 e. The van der Waals surface area contributed by atoms with Gasteiger partial charge in [-0.15, -0.1) is 0 Å². The smallest absolute Gasteiger partial charge is 0.254 e. The summed E-state index contributed by atoms with van der Waals surface area (Å²) >= 11 is 0. The molecule has 0 spiro atoms. The number of aromatic nitrogens is 2. The molecule has 0 aliphatic heterocycles. The van der Waals surface area contributed by atoms with Gasteiger partial charge in [0.15, 0.2) is 0 Å². The highest BCUT2D eigenvalue weighted by atomic mass is 16.2. The maximum absolute atomic E-state index is 12.6. The summed E-state index contributed by atoms with van der Waals surface area (Å²) in [6.45, 7) is 0.687. The number of aromatic amines is 1. The van der Waals surface area contributed by atoms with Crippen LogP contribution in [-0.4, -0.2) is 22.4 Å². The molecule has 140 valence electrons. The summed E-state index contributed by atoms with van der Waals surface area (Å²) < 4.78 is 0. The van der Waals surface area contributed by atoms with Crippen LogP contribution in [0, 0.1) is 11.8 Å². The Kier molecular flexibility index (Phi) is 5.19. The van der Waals surface area contributed by atoms with Crippen LogP contribution in [0.3, 0.4) is 0 Å². The van der Waals surface area contributed by atoms with Crippen LogP contribution < -0.4 is 10.9 Å². The molecule has 0 bridgehead atoms. The highest BCUT2D eigenvalue weighted by Gasteiger charge is 2.23. The largest absolute Gasteiger partial charge is 0.356 e. The summed E-state index contributed by atoms with van der Waals surface area (Å²) in [6.07, 6.45) is 9.21. The molecule has 1 aromatic carbocycles. The zero-order valence-corrected chi connectivity index (χ0v) is 15.4. The van der Waals surface area contributed by atoms with Gasteiger partial charge in [-0.3, -0.25) is 9.59 Å². The number of rotatable bonds is 4. The van der Waals surface area contributed by atoms with E-state index in [0.29, 0.717) is 18.3 Å². The number of carbonyl (C=O) groups is 1. The summed E-state index contributed by atoms with van der Waals surface area (Å²) in [4.78, 5) is 32.5. The third kappa shape index (κ3) is 4.02. The van der Waals surface area contributed by atoms with Gasteiger partial charge in [0.2, 0.25) is 5.91 Å². The summed E-state index contributed by atoms with van der Waals surface area (Å²) in [5, 5.41) is 3.12. The third-order valence-electron chi connectivity index (χ3n) is 5.68. The van der Waals surface area contributed by atoms with Gasteiger partial charge in [0.1, 0.15) is 5.82 Å². The minimum Gasteiger partial charge on any atom is -0.356 e. The fraction of sp³-hybridized carbons (Fsp3) is 0.409. The van der Waals surface area contributed by atoms with Crippen molar-refractivity contribution in [2.45, 2.75) is 38.5 Å². The molecule has 1 amide bonds. The lowest BCUT2D eigenvalue weighted by Gasteiger charge is -2.16. The zero-order chi connectivity index (χ0) is 18.6. The monoisotopic (exact) mass is 363 g/mol. The van der Waals surface area contributed by atoms with E-state index in [4.69, 9.17) is 4.98 Å². The summed E-state index contributed by atoms with van der Waals surface area (Å²) in [5.74, 6) is 1.28. The molecule has 5 nitrogen and oxygen atoms in total. The second-order valence-electron chi connectivity index (χ2n) is 7.53. The lowest BCUT2D eigenvalue weighted by molar-refractivity contribution is -0.124. The standard InChI is InChI=1S/C22H25N3O2/c26-21(17-8-4-5-9-17)23-14-15-10-12-18-19(13-11-15)24-20(25-22(18)27)16-6-2-1-3-7-16/h1-7,15,17H,8-14H2,(H,23,26)(H,24,25,27). The first kappa shape index (κ1) is 17.7. The van der Waals surface area contributed by atoms with E-state index >= 15 is 0 Å². The van der Waals surface area contributed by atoms with Gasteiger partial charge in [-0.2, -0.15) is 0 Å². The molecule has 2 aromatic rings. The molecule has 1 unspecified atom stereocenters. The van der Waals surface area contributed by atoms with Crippen molar-refractivity contribution in [1.82, 2.24) is 15.3 Å². The van der Waals surface area contributed by atoms with Crippen LogP contribution in [0.1, 0.15) is 36.9 Å². The van der Waals surface area contributed by atoms with Crippen molar-refractivity contribution >= 4 is 5.91 Å². The van der Waals surface area contributed by atoms with E-state index in [2.05, 4.69) is 22.5 Å². The molecule has 0 fully saturated rings.